The molecule has 0 saturated carbocycles. The topological polar surface area (TPSA) is 77.8 Å². The van der Waals surface area contributed by atoms with Crippen molar-refractivity contribution in [3.8, 4) is 5.75 Å². The number of hydrogen-bond acceptors (Lipinski definition) is 5. The normalized spacial score (nSPS) is 16.7. The number of hydrogen-bond donors (Lipinski definition) is 2. The van der Waals surface area contributed by atoms with E-state index in [2.05, 4.69) is 0 Å². The van der Waals surface area contributed by atoms with Crippen molar-refractivity contribution in [3.05, 3.63) is 92.8 Å². The number of carbonyl (C=O) groups excluding carboxylic acids is 2. The van der Waals surface area contributed by atoms with Gasteiger partial charge in [0.15, 0.2) is 5.76 Å². The van der Waals surface area contributed by atoms with E-state index in [4.69, 9.17) is 11.6 Å². The molecular weight excluding hydrogens is 398 g/mol. The fourth-order valence-electron chi connectivity index (χ4n) is 3.22. The summed E-state index contributed by atoms with van der Waals surface area (Å²) in [6.07, 6.45) is 0. The minimum absolute atomic E-state index is 0.00749. The highest BCUT2D eigenvalue weighted by atomic mass is 35.5. The fraction of sp³-hybridized carbons (Fsp3) is 0.0476. The first-order valence-corrected chi connectivity index (χ1v) is 9.62. The Balaban J connectivity index is 1.88. The maximum absolute atomic E-state index is 13.1. The Morgan fingerprint density at radius 2 is 1.68 bits per heavy atom. The number of Topliss-reactive ketones (excluding diaryl/α,β-unsaturated/α-hetero) is 1. The van der Waals surface area contributed by atoms with Gasteiger partial charge < -0.3 is 10.2 Å². The maximum atomic E-state index is 13.1. The largest absolute Gasteiger partial charge is 0.508 e. The van der Waals surface area contributed by atoms with Gasteiger partial charge in [-0.1, -0.05) is 29.8 Å². The molecule has 2 N–H and O–H groups in total. The van der Waals surface area contributed by atoms with Crippen molar-refractivity contribution in [2.45, 2.75) is 6.04 Å². The zero-order valence-corrected chi connectivity index (χ0v) is 15.9. The van der Waals surface area contributed by atoms with E-state index < -0.39 is 23.5 Å². The second-order valence-electron chi connectivity index (χ2n) is 6.21. The van der Waals surface area contributed by atoms with Gasteiger partial charge in [0.1, 0.15) is 5.75 Å². The summed E-state index contributed by atoms with van der Waals surface area (Å²) in [4.78, 5) is 27.8. The van der Waals surface area contributed by atoms with Crippen LogP contribution >= 0.6 is 22.9 Å². The minimum Gasteiger partial charge on any atom is -0.508 e. The quantitative estimate of drug-likeness (QED) is 0.599. The van der Waals surface area contributed by atoms with Crippen molar-refractivity contribution >= 4 is 40.3 Å². The van der Waals surface area contributed by atoms with Crippen molar-refractivity contribution in [1.82, 2.24) is 0 Å². The van der Waals surface area contributed by atoms with Crippen LogP contribution in [-0.2, 0) is 4.79 Å². The molecule has 0 fully saturated rings. The molecule has 1 aliphatic rings. The molecule has 0 bridgehead atoms. The number of nitrogens with zero attached hydrogens (tertiary/aromatic N) is 1. The second-order valence-corrected chi connectivity index (χ2v) is 7.60. The molecule has 1 aliphatic heterocycles. The smallest absolute Gasteiger partial charge is 0.294 e. The number of thiophene rings is 1. The van der Waals surface area contributed by atoms with E-state index in [0.29, 0.717) is 21.2 Å². The van der Waals surface area contributed by atoms with Gasteiger partial charge in [0.05, 0.1) is 16.5 Å². The number of carbonyl (C=O) groups is 2. The first-order chi connectivity index (χ1) is 13.5. The van der Waals surface area contributed by atoms with Crippen molar-refractivity contribution in [3.63, 3.8) is 0 Å². The van der Waals surface area contributed by atoms with Crippen molar-refractivity contribution < 1.29 is 19.8 Å². The number of aliphatic hydroxyl groups is 1. The molecule has 2 heterocycles. The van der Waals surface area contributed by atoms with Gasteiger partial charge in [0.2, 0.25) is 5.78 Å². The third-order valence-corrected chi connectivity index (χ3v) is 5.63. The summed E-state index contributed by atoms with van der Waals surface area (Å²) in [6.45, 7) is 0. The first kappa shape index (κ1) is 18.3. The highest BCUT2D eigenvalue weighted by molar-refractivity contribution is 7.12. The molecule has 4 rings (SSSR count). The number of halogens is 1. The maximum Gasteiger partial charge on any atom is 0.294 e. The number of anilines is 1. The summed E-state index contributed by atoms with van der Waals surface area (Å²) in [7, 11) is 0. The summed E-state index contributed by atoms with van der Waals surface area (Å²) in [5.41, 5.74) is 1.09. The van der Waals surface area contributed by atoms with Crippen molar-refractivity contribution in [2.24, 2.45) is 0 Å². The van der Waals surface area contributed by atoms with Gasteiger partial charge in [-0.2, -0.15) is 0 Å². The highest BCUT2D eigenvalue weighted by Gasteiger charge is 2.44. The monoisotopic (exact) mass is 411 g/mol. The number of amides is 1. The number of aromatic hydroxyl groups is 1. The van der Waals surface area contributed by atoms with Crippen LogP contribution in [-0.4, -0.2) is 21.9 Å². The van der Waals surface area contributed by atoms with Crippen LogP contribution in [0.25, 0.3) is 0 Å². The van der Waals surface area contributed by atoms with Crippen LogP contribution in [0.4, 0.5) is 5.69 Å². The molecule has 2 aromatic carbocycles. The predicted octanol–water partition coefficient (Wildman–Crippen LogP) is 4.89. The summed E-state index contributed by atoms with van der Waals surface area (Å²) >= 11 is 7.19. The van der Waals surface area contributed by atoms with Crippen molar-refractivity contribution in [1.29, 1.82) is 0 Å². The SMILES string of the molecule is O=C(C1=C(O)C(=O)N(c2ccc(Cl)cc2)C1c1ccc(O)cc1)c1cccs1. The van der Waals surface area contributed by atoms with Crippen LogP contribution in [0.1, 0.15) is 21.3 Å². The number of phenolic OH excluding ortho intramolecular Hbond substituents is 1. The zero-order valence-electron chi connectivity index (χ0n) is 14.4. The molecule has 7 heteroatoms. The van der Waals surface area contributed by atoms with E-state index in [0.717, 1.165) is 0 Å². The predicted molar refractivity (Wildman–Crippen MR) is 108 cm³/mol. The molecule has 140 valence electrons. The lowest BCUT2D eigenvalue weighted by atomic mass is 9.95. The lowest BCUT2D eigenvalue weighted by molar-refractivity contribution is -0.117. The molecule has 1 aromatic heterocycles. The van der Waals surface area contributed by atoms with Crippen LogP contribution in [0.15, 0.2) is 77.4 Å². The Labute approximate surface area is 169 Å². The molecular formula is C21H14ClNO4S. The number of aliphatic hydroxyl groups excluding tert-OH is 1. The zero-order chi connectivity index (χ0) is 19.8. The van der Waals surface area contributed by atoms with E-state index in [1.807, 2.05) is 0 Å². The Kier molecular flexibility index (Phi) is 4.66. The van der Waals surface area contributed by atoms with Crippen molar-refractivity contribution in [2.75, 3.05) is 4.90 Å². The molecule has 0 saturated heterocycles. The van der Waals surface area contributed by atoms with Gasteiger partial charge in [-0.25, -0.2) is 0 Å². The van der Waals surface area contributed by atoms with Gasteiger partial charge in [-0.05, 0) is 53.4 Å². The van der Waals surface area contributed by atoms with E-state index in [9.17, 15) is 19.8 Å². The molecule has 1 atom stereocenters. The van der Waals surface area contributed by atoms with Gasteiger partial charge >= 0.3 is 0 Å². The molecule has 1 unspecified atom stereocenters. The van der Waals surface area contributed by atoms with Gasteiger partial charge in [0.25, 0.3) is 5.91 Å². The Morgan fingerprint density at radius 1 is 1.00 bits per heavy atom. The lowest BCUT2D eigenvalue weighted by Gasteiger charge is -2.27. The fourth-order valence-corrected chi connectivity index (χ4v) is 4.02. The van der Waals surface area contributed by atoms with Crippen LogP contribution in [0, 0.1) is 0 Å². The van der Waals surface area contributed by atoms with E-state index in [-0.39, 0.29) is 11.3 Å². The second kappa shape index (κ2) is 7.14. The summed E-state index contributed by atoms with van der Waals surface area (Å²) in [5.74, 6) is -1.59. The molecule has 28 heavy (non-hydrogen) atoms. The average Bonchev–Trinajstić information content (AvgIpc) is 3.31. The van der Waals surface area contributed by atoms with E-state index >= 15 is 0 Å². The lowest BCUT2D eigenvalue weighted by Crippen LogP contribution is -2.30. The Hall–Kier alpha value is -3.09. The molecule has 0 radical (unpaired) electrons. The highest BCUT2D eigenvalue weighted by Crippen LogP contribution is 2.42. The summed E-state index contributed by atoms with van der Waals surface area (Å²) in [6, 6.07) is 15.3. The average molecular weight is 412 g/mol. The van der Waals surface area contributed by atoms with Crippen LogP contribution in [0.3, 0.4) is 0 Å². The number of rotatable bonds is 4. The number of phenols is 1. The Morgan fingerprint density at radius 3 is 2.29 bits per heavy atom. The molecule has 3 aromatic rings. The first-order valence-electron chi connectivity index (χ1n) is 8.37. The summed E-state index contributed by atoms with van der Waals surface area (Å²) < 4.78 is 0. The molecule has 5 nitrogen and oxygen atoms in total. The van der Waals surface area contributed by atoms with Gasteiger partial charge in [-0.15, -0.1) is 11.3 Å². The van der Waals surface area contributed by atoms with Crippen LogP contribution in [0.2, 0.25) is 5.02 Å². The number of ketones is 1. The standard InChI is InChI=1S/C21H14ClNO4S/c22-13-5-7-14(8-6-13)23-18(12-3-9-15(24)10-4-12)17(20(26)21(23)27)19(25)16-2-1-11-28-16/h1-11,18,24,26H. The van der Waals surface area contributed by atoms with Crippen LogP contribution < -0.4 is 4.90 Å². The third kappa shape index (κ3) is 3.06. The van der Waals surface area contributed by atoms with Gasteiger partial charge in [-0.3, -0.25) is 14.5 Å². The van der Waals surface area contributed by atoms with Crippen LogP contribution in [0.5, 0.6) is 5.75 Å². The third-order valence-electron chi connectivity index (χ3n) is 4.51. The summed E-state index contributed by atoms with van der Waals surface area (Å²) in [5, 5.41) is 22.5. The number of benzene rings is 2. The van der Waals surface area contributed by atoms with E-state index in [1.54, 1.807) is 53.9 Å². The molecule has 0 aliphatic carbocycles. The molecule has 0 spiro atoms. The van der Waals surface area contributed by atoms with E-state index in [1.165, 1.54) is 28.4 Å². The Bertz CT molecular complexity index is 1070. The molecule has 1 amide bonds. The minimum atomic E-state index is -0.830. The van der Waals surface area contributed by atoms with Gasteiger partial charge in [0, 0.05) is 10.7 Å².